The average molecular weight is 475 g/mol. The Bertz CT molecular complexity index is 1170. The first-order chi connectivity index (χ1) is 17.0. The number of carbonyl (C=O) groups excluding carboxylic acids is 2. The third kappa shape index (κ3) is 5.24. The fraction of sp³-hybridized carbons (Fsp3) is 0.286. The molecule has 1 aliphatic heterocycles. The van der Waals surface area contributed by atoms with E-state index in [4.69, 9.17) is 14.2 Å². The van der Waals surface area contributed by atoms with Gasteiger partial charge in [-0.2, -0.15) is 0 Å². The predicted molar refractivity (Wildman–Crippen MR) is 133 cm³/mol. The minimum Gasteiger partial charge on any atom is -0.493 e. The number of methoxy groups -OCH3 is 3. The molecule has 1 unspecified atom stereocenters. The summed E-state index contributed by atoms with van der Waals surface area (Å²) in [6.45, 7) is 0.937. The number of rotatable bonds is 10. The molecule has 3 aromatic rings. The van der Waals surface area contributed by atoms with Gasteiger partial charge in [0.25, 0.3) is 5.91 Å². The van der Waals surface area contributed by atoms with E-state index in [1.165, 1.54) is 0 Å². The number of nitrogens with one attached hydrogen (secondary N) is 1. The highest BCUT2D eigenvalue weighted by Crippen LogP contribution is 2.42. The van der Waals surface area contributed by atoms with Crippen molar-refractivity contribution in [3.63, 3.8) is 0 Å². The zero-order valence-corrected chi connectivity index (χ0v) is 20.2. The van der Waals surface area contributed by atoms with Crippen LogP contribution in [0.3, 0.4) is 0 Å². The van der Waals surface area contributed by atoms with Crippen molar-refractivity contribution in [1.29, 1.82) is 0 Å². The van der Waals surface area contributed by atoms with Crippen LogP contribution in [0.15, 0.2) is 66.7 Å². The highest BCUT2D eigenvalue weighted by atomic mass is 16.5. The monoisotopic (exact) mass is 474 g/mol. The molecule has 1 aliphatic rings. The Hall–Kier alpha value is -4.00. The Balaban J connectivity index is 1.60. The Morgan fingerprint density at radius 1 is 0.943 bits per heavy atom. The fourth-order valence-electron chi connectivity index (χ4n) is 4.47. The van der Waals surface area contributed by atoms with Gasteiger partial charge in [-0.3, -0.25) is 9.59 Å². The second-order valence-corrected chi connectivity index (χ2v) is 8.35. The quantitative estimate of drug-likeness (QED) is 0.478. The summed E-state index contributed by atoms with van der Waals surface area (Å²) in [5, 5.41) is 3.01. The smallest absolute Gasteiger partial charge is 0.255 e. The van der Waals surface area contributed by atoms with Crippen LogP contribution in [0.4, 0.5) is 0 Å². The van der Waals surface area contributed by atoms with Gasteiger partial charge in [-0.1, -0.05) is 48.5 Å². The lowest BCUT2D eigenvalue weighted by molar-refractivity contribution is -0.122. The van der Waals surface area contributed by atoms with Gasteiger partial charge in [0.05, 0.1) is 33.8 Å². The molecule has 7 nitrogen and oxygen atoms in total. The molecule has 1 N–H and O–H groups in total. The second-order valence-electron chi connectivity index (χ2n) is 8.35. The van der Waals surface area contributed by atoms with Gasteiger partial charge in [-0.15, -0.1) is 0 Å². The van der Waals surface area contributed by atoms with Crippen molar-refractivity contribution in [2.45, 2.75) is 25.4 Å². The van der Waals surface area contributed by atoms with Crippen LogP contribution in [0.1, 0.15) is 39.5 Å². The van der Waals surface area contributed by atoms with Crippen molar-refractivity contribution in [1.82, 2.24) is 10.2 Å². The molecule has 1 heterocycles. The zero-order valence-electron chi connectivity index (χ0n) is 20.2. The number of hydrogen-bond acceptors (Lipinski definition) is 5. The van der Waals surface area contributed by atoms with E-state index in [9.17, 15) is 9.59 Å². The van der Waals surface area contributed by atoms with Crippen LogP contribution in [0.2, 0.25) is 0 Å². The topological polar surface area (TPSA) is 77.1 Å². The van der Waals surface area contributed by atoms with E-state index < -0.39 is 6.04 Å². The Labute approximate surface area is 205 Å². The number of carbonyl (C=O) groups is 2. The Kier molecular flexibility index (Phi) is 7.55. The molecule has 3 aromatic carbocycles. The van der Waals surface area contributed by atoms with Crippen LogP contribution in [-0.2, 0) is 17.8 Å². The maximum atomic E-state index is 13.3. The first-order valence-electron chi connectivity index (χ1n) is 11.5. The van der Waals surface area contributed by atoms with Crippen LogP contribution >= 0.6 is 0 Å². The maximum absolute atomic E-state index is 13.3. The van der Waals surface area contributed by atoms with Crippen molar-refractivity contribution in [2.24, 2.45) is 0 Å². The molecule has 4 rings (SSSR count). The van der Waals surface area contributed by atoms with Crippen molar-refractivity contribution in [2.75, 3.05) is 27.9 Å². The third-order valence-corrected chi connectivity index (χ3v) is 6.25. The summed E-state index contributed by atoms with van der Waals surface area (Å²) < 4.78 is 16.5. The molecular weight excluding hydrogens is 444 g/mol. The number of hydrogen-bond donors (Lipinski definition) is 1. The van der Waals surface area contributed by atoms with Crippen molar-refractivity contribution in [3.05, 3.63) is 89.0 Å². The first-order valence-corrected chi connectivity index (χ1v) is 11.5. The molecule has 2 amide bonds. The number of fused-ring (bicyclic) bond motifs is 1. The summed E-state index contributed by atoms with van der Waals surface area (Å²) in [5.74, 6) is 1.17. The fourth-order valence-corrected chi connectivity index (χ4v) is 4.47. The highest BCUT2D eigenvalue weighted by Gasteiger charge is 2.35. The van der Waals surface area contributed by atoms with Gasteiger partial charge < -0.3 is 24.4 Å². The second kappa shape index (κ2) is 11.0. The van der Waals surface area contributed by atoms with E-state index in [-0.39, 0.29) is 18.2 Å². The SMILES string of the molecule is COc1cc(C(CC(=O)NCCc2ccccc2)N2Cc3ccccc3C2=O)cc(OC)c1OC. The average Bonchev–Trinajstić information content (AvgIpc) is 3.23. The highest BCUT2D eigenvalue weighted by molar-refractivity contribution is 5.99. The molecule has 35 heavy (non-hydrogen) atoms. The first kappa shape index (κ1) is 24.1. The molecule has 0 spiro atoms. The van der Waals surface area contributed by atoms with Gasteiger partial charge in [0, 0.05) is 18.7 Å². The van der Waals surface area contributed by atoms with E-state index >= 15 is 0 Å². The molecular formula is C28H30N2O5. The standard InChI is InChI=1S/C28H30N2O5/c1-33-24-15-21(16-25(34-2)27(24)35-3)23(30-18-20-11-7-8-12-22(20)28(30)32)17-26(31)29-14-13-19-9-5-4-6-10-19/h4-12,15-16,23H,13-14,17-18H2,1-3H3,(H,29,31). The van der Waals surface area contributed by atoms with Crippen LogP contribution < -0.4 is 19.5 Å². The van der Waals surface area contributed by atoms with E-state index in [2.05, 4.69) is 5.32 Å². The van der Waals surface area contributed by atoms with Gasteiger partial charge in [-0.05, 0) is 41.3 Å². The number of amides is 2. The summed E-state index contributed by atoms with van der Waals surface area (Å²) >= 11 is 0. The van der Waals surface area contributed by atoms with Crippen LogP contribution in [0.5, 0.6) is 17.2 Å². The molecule has 0 saturated heterocycles. The summed E-state index contributed by atoms with van der Waals surface area (Å²) in [4.78, 5) is 28.1. The maximum Gasteiger partial charge on any atom is 0.255 e. The van der Waals surface area contributed by atoms with Crippen molar-refractivity contribution >= 4 is 11.8 Å². The van der Waals surface area contributed by atoms with Crippen LogP contribution in [0.25, 0.3) is 0 Å². The number of benzene rings is 3. The lowest BCUT2D eigenvalue weighted by atomic mass is 10.00. The molecule has 182 valence electrons. The van der Waals surface area contributed by atoms with Crippen LogP contribution in [0, 0.1) is 0 Å². The van der Waals surface area contributed by atoms with E-state index in [1.54, 1.807) is 38.4 Å². The van der Waals surface area contributed by atoms with E-state index in [0.29, 0.717) is 35.9 Å². The number of ether oxygens (including phenoxy) is 3. The van der Waals surface area contributed by atoms with Gasteiger partial charge >= 0.3 is 0 Å². The summed E-state index contributed by atoms with van der Waals surface area (Å²) in [6.07, 6.45) is 0.836. The van der Waals surface area contributed by atoms with Crippen LogP contribution in [-0.4, -0.2) is 44.6 Å². The largest absolute Gasteiger partial charge is 0.493 e. The molecule has 0 bridgehead atoms. The zero-order chi connectivity index (χ0) is 24.8. The van der Waals surface area contributed by atoms with Crippen molar-refractivity contribution < 1.29 is 23.8 Å². The molecule has 0 saturated carbocycles. The summed E-state index contributed by atoms with van der Waals surface area (Å²) in [7, 11) is 4.63. The minimum atomic E-state index is -0.514. The Morgan fingerprint density at radius 2 is 1.60 bits per heavy atom. The normalized spacial score (nSPS) is 13.2. The summed E-state index contributed by atoms with van der Waals surface area (Å²) in [6, 6.07) is 20.6. The van der Waals surface area contributed by atoms with E-state index in [1.807, 2.05) is 54.6 Å². The van der Waals surface area contributed by atoms with E-state index in [0.717, 1.165) is 23.1 Å². The molecule has 0 fully saturated rings. The summed E-state index contributed by atoms with van der Waals surface area (Å²) in [5.41, 5.74) is 3.49. The Morgan fingerprint density at radius 3 is 2.23 bits per heavy atom. The van der Waals surface area contributed by atoms with Gasteiger partial charge in [0.1, 0.15) is 0 Å². The lowest BCUT2D eigenvalue weighted by Gasteiger charge is -2.29. The molecule has 0 aromatic heterocycles. The van der Waals surface area contributed by atoms with Gasteiger partial charge in [0.2, 0.25) is 11.7 Å². The molecule has 7 heteroatoms. The molecule has 1 atom stereocenters. The van der Waals surface area contributed by atoms with Gasteiger partial charge in [-0.25, -0.2) is 0 Å². The molecule has 0 radical (unpaired) electrons. The lowest BCUT2D eigenvalue weighted by Crippen LogP contribution is -2.35. The number of nitrogens with zero attached hydrogens (tertiary/aromatic N) is 1. The van der Waals surface area contributed by atoms with Crippen molar-refractivity contribution in [3.8, 4) is 17.2 Å². The third-order valence-electron chi connectivity index (χ3n) is 6.25. The van der Waals surface area contributed by atoms with Gasteiger partial charge in [0.15, 0.2) is 11.5 Å². The molecule has 0 aliphatic carbocycles. The minimum absolute atomic E-state index is 0.101. The predicted octanol–water partition coefficient (Wildman–Crippen LogP) is 4.16.